The fourth-order valence-electron chi connectivity index (χ4n) is 2.94. The van der Waals surface area contributed by atoms with E-state index in [0.29, 0.717) is 6.29 Å². The van der Waals surface area contributed by atoms with Crippen molar-refractivity contribution in [2.75, 3.05) is 0 Å². The molecular formula is C11H14F2O3. The summed E-state index contributed by atoms with van der Waals surface area (Å²) in [4.78, 5) is 22.4. The van der Waals surface area contributed by atoms with Crippen LogP contribution in [0.1, 0.15) is 20.3 Å². The molecule has 16 heavy (non-hydrogen) atoms. The molecule has 0 radical (unpaired) electrons. The third kappa shape index (κ3) is 1.44. The number of esters is 1. The maximum atomic E-state index is 13.6. The molecule has 0 aromatic rings. The molecular weight excluding hydrogens is 218 g/mol. The van der Waals surface area contributed by atoms with Crippen LogP contribution in [-0.4, -0.2) is 24.3 Å². The van der Waals surface area contributed by atoms with Crippen molar-refractivity contribution in [3.05, 3.63) is 0 Å². The molecule has 2 rings (SSSR count). The van der Waals surface area contributed by atoms with Crippen LogP contribution in [0.15, 0.2) is 0 Å². The second-order valence-electron chi connectivity index (χ2n) is 4.79. The fourth-order valence-corrected chi connectivity index (χ4v) is 2.94. The lowest BCUT2D eigenvalue weighted by molar-refractivity contribution is -0.156. The van der Waals surface area contributed by atoms with Crippen molar-refractivity contribution >= 4 is 12.3 Å². The monoisotopic (exact) mass is 232 g/mol. The van der Waals surface area contributed by atoms with Crippen LogP contribution in [0, 0.1) is 23.7 Å². The highest BCUT2D eigenvalue weighted by Crippen LogP contribution is 2.51. The molecule has 1 saturated heterocycles. The van der Waals surface area contributed by atoms with E-state index in [0.717, 1.165) is 0 Å². The molecule has 0 aromatic carbocycles. The van der Waals surface area contributed by atoms with E-state index in [9.17, 15) is 18.4 Å². The first kappa shape index (κ1) is 11.5. The van der Waals surface area contributed by atoms with Crippen molar-refractivity contribution < 1.29 is 23.1 Å². The highest BCUT2D eigenvalue weighted by molar-refractivity contribution is 5.77. The molecule has 3 nitrogen and oxygen atoms in total. The molecule has 5 unspecified atom stereocenters. The van der Waals surface area contributed by atoms with E-state index in [1.54, 1.807) is 6.92 Å². The van der Waals surface area contributed by atoms with E-state index in [1.165, 1.54) is 6.92 Å². The molecule has 0 bridgehead atoms. The van der Waals surface area contributed by atoms with Crippen LogP contribution in [0.2, 0.25) is 0 Å². The Kier molecular flexibility index (Phi) is 2.51. The van der Waals surface area contributed by atoms with Crippen LogP contribution < -0.4 is 0 Å². The first-order valence-electron chi connectivity index (χ1n) is 5.42. The smallest absolute Gasteiger partial charge is 0.309 e. The number of cyclic esters (lactones) is 1. The van der Waals surface area contributed by atoms with Crippen molar-refractivity contribution in [2.45, 2.75) is 32.3 Å². The van der Waals surface area contributed by atoms with Gasteiger partial charge in [0.1, 0.15) is 12.4 Å². The number of ether oxygens (including phenoxy) is 1. The zero-order chi connectivity index (χ0) is 12.1. The number of aldehydes is 1. The minimum atomic E-state index is -2.96. The Bertz CT molecular complexity index is 329. The number of carbonyl (C=O) groups excluding carboxylic acids is 2. The highest BCUT2D eigenvalue weighted by atomic mass is 19.3. The van der Waals surface area contributed by atoms with Gasteiger partial charge in [0.25, 0.3) is 5.92 Å². The summed E-state index contributed by atoms with van der Waals surface area (Å²) in [6, 6.07) is 0. The summed E-state index contributed by atoms with van der Waals surface area (Å²) < 4.78 is 32.2. The Balaban J connectivity index is 2.36. The number of fused-ring (bicyclic) bond motifs is 1. The van der Waals surface area contributed by atoms with Gasteiger partial charge in [-0.05, 0) is 6.92 Å². The van der Waals surface area contributed by atoms with Gasteiger partial charge in [-0.2, -0.15) is 0 Å². The van der Waals surface area contributed by atoms with Gasteiger partial charge in [0.15, 0.2) is 0 Å². The molecule has 2 aliphatic rings. The topological polar surface area (TPSA) is 43.4 Å². The Hall–Kier alpha value is -1.00. The van der Waals surface area contributed by atoms with Crippen LogP contribution in [0.4, 0.5) is 8.78 Å². The van der Waals surface area contributed by atoms with Crippen molar-refractivity contribution in [1.29, 1.82) is 0 Å². The second-order valence-corrected chi connectivity index (χ2v) is 4.79. The zero-order valence-corrected chi connectivity index (χ0v) is 9.15. The molecule has 0 aromatic heterocycles. The summed E-state index contributed by atoms with van der Waals surface area (Å²) >= 11 is 0. The van der Waals surface area contributed by atoms with E-state index in [2.05, 4.69) is 0 Å². The minimum absolute atomic E-state index is 0.389. The lowest BCUT2D eigenvalue weighted by Crippen LogP contribution is -2.48. The Morgan fingerprint density at radius 1 is 1.44 bits per heavy atom. The normalized spacial score (nSPS) is 46.0. The molecule has 1 aliphatic carbocycles. The van der Waals surface area contributed by atoms with Gasteiger partial charge in [0.05, 0.1) is 5.92 Å². The summed E-state index contributed by atoms with van der Waals surface area (Å²) in [6.45, 7) is 3.03. The average Bonchev–Trinajstić information content (AvgIpc) is 2.44. The molecule has 0 N–H and O–H groups in total. The van der Waals surface area contributed by atoms with E-state index >= 15 is 0 Å². The minimum Gasteiger partial charge on any atom is -0.462 e. The largest absolute Gasteiger partial charge is 0.462 e. The molecule has 0 amide bonds. The standard InChI is InChI=1S/C11H14F2O3/c1-5-8(4-14)9-6(2)16-10(15)7(9)3-11(5,12)13/h4-9H,3H2,1-2H3. The highest BCUT2D eigenvalue weighted by Gasteiger charge is 2.59. The van der Waals surface area contributed by atoms with Crippen LogP contribution in [-0.2, 0) is 14.3 Å². The molecule has 5 atom stereocenters. The summed E-state index contributed by atoms with van der Waals surface area (Å²) in [5, 5.41) is 0. The SMILES string of the molecule is CC1OC(=O)C2CC(F)(F)C(C)C(C=O)C12. The Morgan fingerprint density at radius 3 is 2.62 bits per heavy atom. The predicted molar refractivity (Wildman–Crippen MR) is 50.8 cm³/mol. The van der Waals surface area contributed by atoms with Gasteiger partial charge in [-0.3, -0.25) is 4.79 Å². The van der Waals surface area contributed by atoms with Gasteiger partial charge in [0.2, 0.25) is 0 Å². The Labute approximate surface area is 92.1 Å². The van der Waals surface area contributed by atoms with Crippen LogP contribution in [0.3, 0.4) is 0 Å². The lowest BCUT2D eigenvalue weighted by atomic mass is 9.65. The summed E-state index contributed by atoms with van der Waals surface area (Å²) in [6.07, 6.45) is -0.383. The van der Waals surface area contributed by atoms with Gasteiger partial charge >= 0.3 is 5.97 Å². The molecule has 1 saturated carbocycles. The van der Waals surface area contributed by atoms with Crippen LogP contribution in [0.5, 0.6) is 0 Å². The van der Waals surface area contributed by atoms with E-state index in [-0.39, 0.29) is 5.92 Å². The predicted octanol–water partition coefficient (Wildman–Crippen LogP) is 1.65. The molecule has 1 aliphatic heterocycles. The van der Waals surface area contributed by atoms with Crippen molar-refractivity contribution in [3.8, 4) is 0 Å². The molecule has 5 heteroatoms. The second kappa shape index (κ2) is 3.50. The maximum Gasteiger partial charge on any atom is 0.309 e. The third-order valence-electron chi connectivity index (χ3n) is 3.95. The summed E-state index contributed by atoms with van der Waals surface area (Å²) in [5.41, 5.74) is 0. The number of alkyl halides is 2. The molecule has 90 valence electrons. The number of carbonyl (C=O) groups is 2. The summed E-state index contributed by atoms with van der Waals surface area (Å²) in [7, 11) is 0. The van der Waals surface area contributed by atoms with Gasteiger partial charge < -0.3 is 9.53 Å². The van der Waals surface area contributed by atoms with Crippen molar-refractivity contribution in [1.82, 2.24) is 0 Å². The first-order chi connectivity index (χ1) is 7.38. The van der Waals surface area contributed by atoms with Crippen LogP contribution in [0.25, 0.3) is 0 Å². The Morgan fingerprint density at radius 2 is 2.06 bits per heavy atom. The van der Waals surface area contributed by atoms with Gasteiger partial charge in [-0.15, -0.1) is 0 Å². The van der Waals surface area contributed by atoms with Gasteiger partial charge in [-0.1, -0.05) is 6.92 Å². The molecule has 0 spiro atoms. The number of hydrogen-bond acceptors (Lipinski definition) is 3. The van der Waals surface area contributed by atoms with E-state index in [4.69, 9.17) is 4.74 Å². The summed E-state index contributed by atoms with van der Waals surface area (Å²) in [5.74, 6) is -6.58. The molecule has 2 fully saturated rings. The maximum absolute atomic E-state index is 13.6. The zero-order valence-electron chi connectivity index (χ0n) is 9.15. The lowest BCUT2D eigenvalue weighted by Gasteiger charge is -2.39. The van der Waals surface area contributed by atoms with Gasteiger partial charge in [-0.25, -0.2) is 8.78 Å². The number of hydrogen-bond donors (Lipinski definition) is 0. The van der Waals surface area contributed by atoms with Crippen LogP contribution >= 0.6 is 0 Å². The average molecular weight is 232 g/mol. The first-order valence-corrected chi connectivity index (χ1v) is 5.42. The fraction of sp³-hybridized carbons (Fsp3) is 0.818. The third-order valence-corrected chi connectivity index (χ3v) is 3.95. The van der Waals surface area contributed by atoms with E-state index < -0.39 is 42.2 Å². The number of halogens is 2. The number of rotatable bonds is 1. The van der Waals surface area contributed by atoms with Crippen molar-refractivity contribution in [2.24, 2.45) is 23.7 Å². The van der Waals surface area contributed by atoms with Gasteiger partial charge in [0, 0.05) is 24.2 Å². The van der Waals surface area contributed by atoms with E-state index in [1.807, 2.05) is 0 Å². The quantitative estimate of drug-likeness (QED) is 0.510. The van der Waals surface area contributed by atoms with Crippen molar-refractivity contribution in [3.63, 3.8) is 0 Å². The molecule has 1 heterocycles.